The maximum atomic E-state index is 5.39. The molecule has 1 aromatic rings. The van der Waals surface area contributed by atoms with Crippen molar-refractivity contribution in [3.05, 3.63) is 23.9 Å². The molecule has 0 amide bonds. The van der Waals surface area contributed by atoms with Crippen molar-refractivity contribution in [1.29, 1.82) is 0 Å². The van der Waals surface area contributed by atoms with Crippen LogP contribution in [0.5, 0.6) is 0 Å². The Morgan fingerprint density at radius 1 is 1.50 bits per heavy atom. The fourth-order valence-electron chi connectivity index (χ4n) is 2.26. The number of nitrogens with one attached hydrogen (secondary N) is 1. The lowest BCUT2D eigenvalue weighted by Crippen LogP contribution is -2.24. The van der Waals surface area contributed by atoms with Crippen molar-refractivity contribution < 1.29 is 4.74 Å². The quantitative estimate of drug-likeness (QED) is 0.780. The van der Waals surface area contributed by atoms with Crippen LogP contribution in [0.25, 0.3) is 0 Å². The van der Waals surface area contributed by atoms with Crippen molar-refractivity contribution >= 4 is 5.82 Å². The molecule has 1 N–H and O–H groups in total. The van der Waals surface area contributed by atoms with Gasteiger partial charge in [0.05, 0.1) is 11.8 Å². The summed E-state index contributed by atoms with van der Waals surface area (Å²) in [5.74, 6) is 1.07. The van der Waals surface area contributed by atoms with E-state index in [0.29, 0.717) is 6.10 Å². The van der Waals surface area contributed by atoms with Crippen molar-refractivity contribution in [3.63, 3.8) is 0 Å². The molecule has 18 heavy (non-hydrogen) atoms. The van der Waals surface area contributed by atoms with Crippen LogP contribution in [0.4, 0.5) is 5.82 Å². The average molecular weight is 249 g/mol. The van der Waals surface area contributed by atoms with E-state index in [4.69, 9.17) is 9.72 Å². The highest BCUT2D eigenvalue weighted by Gasteiger charge is 2.22. The molecular weight excluding hydrogens is 226 g/mol. The molecule has 1 atom stereocenters. The monoisotopic (exact) mass is 249 g/mol. The van der Waals surface area contributed by atoms with Crippen molar-refractivity contribution in [1.82, 2.24) is 10.3 Å². The summed E-state index contributed by atoms with van der Waals surface area (Å²) in [7, 11) is 1.78. The maximum absolute atomic E-state index is 5.39. The molecule has 2 heterocycles. The smallest absolute Gasteiger partial charge is 0.128 e. The van der Waals surface area contributed by atoms with Gasteiger partial charge in [-0.1, -0.05) is 13.0 Å². The largest absolute Gasteiger partial charge is 0.380 e. The first-order chi connectivity index (χ1) is 8.83. The van der Waals surface area contributed by atoms with E-state index >= 15 is 0 Å². The summed E-state index contributed by atoms with van der Waals surface area (Å²) in [6.07, 6.45) is 2.60. The van der Waals surface area contributed by atoms with Gasteiger partial charge in [-0.15, -0.1) is 0 Å². The summed E-state index contributed by atoms with van der Waals surface area (Å²) in [6, 6.07) is 6.25. The second-order valence-corrected chi connectivity index (χ2v) is 4.76. The third-order valence-corrected chi connectivity index (χ3v) is 3.33. The van der Waals surface area contributed by atoms with Gasteiger partial charge in [-0.05, 0) is 31.5 Å². The zero-order valence-corrected chi connectivity index (χ0v) is 11.4. The van der Waals surface area contributed by atoms with E-state index in [-0.39, 0.29) is 0 Å². The van der Waals surface area contributed by atoms with Crippen LogP contribution in [-0.4, -0.2) is 37.8 Å². The molecule has 0 aliphatic carbocycles. The summed E-state index contributed by atoms with van der Waals surface area (Å²) < 4.78 is 5.39. The summed E-state index contributed by atoms with van der Waals surface area (Å²) in [5.41, 5.74) is 1.11. The van der Waals surface area contributed by atoms with Gasteiger partial charge in [0.25, 0.3) is 0 Å². The molecule has 0 aromatic carbocycles. The minimum atomic E-state index is 0.355. The normalized spacial score (nSPS) is 19.4. The number of pyridine rings is 1. The molecular formula is C14H23N3O. The lowest BCUT2D eigenvalue weighted by Gasteiger charge is -2.17. The van der Waals surface area contributed by atoms with Crippen LogP contribution in [-0.2, 0) is 11.3 Å². The van der Waals surface area contributed by atoms with Crippen LogP contribution in [0.3, 0.4) is 0 Å². The Hall–Kier alpha value is -1.13. The van der Waals surface area contributed by atoms with E-state index in [1.165, 1.54) is 0 Å². The molecule has 2 rings (SSSR count). The first-order valence-electron chi connectivity index (χ1n) is 6.78. The molecule has 1 saturated heterocycles. The lowest BCUT2D eigenvalue weighted by atomic mass is 10.3. The van der Waals surface area contributed by atoms with Gasteiger partial charge in [-0.3, -0.25) is 0 Å². The van der Waals surface area contributed by atoms with Gasteiger partial charge in [-0.25, -0.2) is 4.98 Å². The molecule has 4 nitrogen and oxygen atoms in total. The van der Waals surface area contributed by atoms with Gasteiger partial charge in [0.2, 0.25) is 0 Å². The van der Waals surface area contributed by atoms with Crippen molar-refractivity contribution in [2.75, 3.05) is 31.6 Å². The van der Waals surface area contributed by atoms with Gasteiger partial charge in [0, 0.05) is 26.7 Å². The van der Waals surface area contributed by atoms with Crippen LogP contribution in [0.1, 0.15) is 25.5 Å². The molecule has 100 valence electrons. The predicted octanol–water partition coefficient (Wildman–Crippen LogP) is 1.81. The highest BCUT2D eigenvalue weighted by molar-refractivity contribution is 5.40. The molecule has 0 saturated carbocycles. The Bertz CT molecular complexity index is 370. The van der Waals surface area contributed by atoms with Crippen LogP contribution >= 0.6 is 0 Å². The SMILES string of the molecule is CCCNCc1cccc(N2CCC(OC)C2)n1. The molecule has 0 bridgehead atoms. The summed E-state index contributed by atoms with van der Waals surface area (Å²) in [4.78, 5) is 7.01. The fraction of sp³-hybridized carbons (Fsp3) is 0.643. The lowest BCUT2D eigenvalue weighted by molar-refractivity contribution is 0.121. The van der Waals surface area contributed by atoms with Crippen LogP contribution in [0.2, 0.25) is 0 Å². The molecule has 1 aromatic heterocycles. The number of rotatable bonds is 6. The number of methoxy groups -OCH3 is 1. The van der Waals surface area contributed by atoms with E-state index in [2.05, 4.69) is 35.3 Å². The molecule has 1 unspecified atom stereocenters. The Labute approximate surface area is 109 Å². The minimum Gasteiger partial charge on any atom is -0.380 e. The van der Waals surface area contributed by atoms with E-state index in [1.54, 1.807) is 7.11 Å². The molecule has 1 aliphatic heterocycles. The van der Waals surface area contributed by atoms with Crippen molar-refractivity contribution in [2.24, 2.45) is 0 Å². The topological polar surface area (TPSA) is 37.4 Å². The molecule has 1 aliphatic rings. The van der Waals surface area contributed by atoms with E-state index < -0.39 is 0 Å². The molecule has 1 fully saturated rings. The first-order valence-corrected chi connectivity index (χ1v) is 6.78. The molecule has 4 heteroatoms. The van der Waals surface area contributed by atoms with E-state index in [0.717, 1.165) is 50.5 Å². The van der Waals surface area contributed by atoms with Crippen LogP contribution in [0, 0.1) is 0 Å². The Balaban J connectivity index is 1.94. The van der Waals surface area contributed by atoms with Gasteiger partial charge in [0.15, 0.2) is 0 Å². The van der Waals surface area contributed by atoms with Crippen LogP contribution in [0.15, 0.2) is 18.2 Å². The number of hydrogen-bond acceptors (Lipinski definition) is 4. The highest BCUT2D eigenvalue weighted by atomic mass is 16.5. The summed E-state index contributed by atoms with van der Waals surface area (Å²) >= 11 is 0. The van der Waals surface area contributed by atoms with E-state index in [9.17, 15) is 0 Å². The van der Waals surface area contributed by atoms with Gasteiger partial charge >= 0.3 is 0 Å². The number of aromatic nitrogens is 1. The zero-order valence-electron chi connectivity index (χ0n) is 11.4. The van der Waals surface area contributed by atoms with Gasteiger partial charge < -0.3 is 15.0 Å². The van der Waals surface area contributed by atoms with Crippen molar-refractivity contribution in [2.45, 2.75) is 32.4 Å². The Morgan fingerprint density at radius 3 is 3.11 bits per heavy atom. The predicted molar refractivity (Wildman–Crippen MR) is 73.9 cm³/mol. The second kappa shape index (κ2) is 6.71. The van der Waals surface area contributed by atoms with Crippen molar-refractivity contribution in [3.8, 4) is 0 Å². The number of nitrogens with zero attached hydrogens (tertiary/aromatic N) is 2. The number of anilines is 1. The third kappa shape index (κ3) is 3.43. The first kappa shape index (κ1) is 13.3. The number of hydrogen-bond donors (Lipinski definition) is 1. The second-order valence-electron chi connectivity index (χ2n) is 4.76. The fourth-order valence-corrected chi connectivity index (χ4v) is 2.26. The average Bonchev–Trinajstić information content (AvgIpc) is 2.88. The summed E-state index contributed by atoms with van der Waals surface area (Å²) in [6.45, 7) is 6.06. The maximum Gasteiger partial charge on any atom is 0.128 e. The third-order valence-electron chi connectivity index (χ3n) is 3.33. The molecule has 0 radical (unpaired) electrons. The Kier molecular flexibility index (Phi) is 4.96. The number of ether oxygens (including phenoxy) is 1. The van der Waals surface area contributed by atoms with E-state index in [1.807, 2.05) is 0 Å². The standard InChI is InChI=1S/C14H23N3O/c1-3-8-15-10-12-5-4-6-14(16-12)17-9-7-13(11-17)18-2/h4-6,13,15H,3,7-11H2,1-2H3. The summed E-state index contributed by atoms with van der Waals surface area (Å²) in [5, 5.41) is 3.38. The van der Waals surface area contributed by atoms with Crippen LogP contribution < -0.4 is 10.2 Å². The Morgan fingerprint density at radius 2 is 2.39 bits per heavy atom. The zero-order chi connectivity index (χ0) is 12.8. The highest BCUT2D eigenvalue weighted by Crippen LogP contribution is 2.19. The van der Waals surface area contributed by atoms with Gasteiger partial charge in [0.1, 0.15) is 5.82 Å². The molecule has 0 spiro atoms. The van der Waals surface area contributed by atoms with Gasteiger partial charge in [-0.2, -0.15) is 0 Å². The minimum absolute atomic E-state index is 0.355.